The molecule has 0 radical (unpaired) electrons. The fourth-order valence-electron chi connectivity index (χ4n) is 1.36. The number of nitrogens with two attached hydrogens (primary N) is 1. The van der Waals surface area contributed by atoms with Crippen LogP contribution in [-0.4, -0.2) is 17.4 Å². The van der Waals surface area contributed by atoms with E-state index in [2.05, 4.69) is 19.7 Å². The van der Waals surface area contributed by atoms with Gasteiger partial charge >= 0.3 is 28.2 Å². The van der Waals surface area contributed by atoms with Crippen molar-refractivity contribution >= 4 is 31.9 Å². The van der Waals surface area contributed by atoms with E-state index < -0.39 is 0 Å². The summed E-state index contributed by atoms with van der Waals surface area (Å²) >= 11 is 1.61. The summed E-state index contributed by atoms with van der Waals surface area (Å²) < 4.78 is 0. The first kappa shape index (κ1) is 14.1. The van der Waals surface area contributed by atoms with E-state index in [0.717, 1.165) is 10.9 Å². The fraction of sp³-hybridized carbons (Fsp3) is 0.0909. The van der Waals surface area contributed by atoms with Gasteiger partial charge in [-0.3, -0.25) is 4.98 Å². The molecule has 2 aromatic rings. The van der Waals surface area contributed by atoms with E-state index in [1.54, 1.807) is 31.0 Å². The fourth-order valence-corrected chi connectivity index (χ4v) is 1.36. The summed E-state index contributed by atoms with van der Waals surface area (Å²) in [5.74, 6) is -0.340. The Hall–Kier alpha value is -0.962. The van der Waals surface area contributed by atoms with Gasteiger partial charge in [0.2, 0.25) is 0 Å². The number of nitrogens with zero attached hydrogens (tertiary/aromatic N) is 2. The molecular weight excluding hydrogens is 421 g/mol. The molecule has 0 aliphatic rings. The predicted molar refractivity (Wildman–Crippen MR) is 64.7 cm³/mol. The van der Waals surface area contributed by atoms with E-state index in [9.17, 15) is 4.79 Å². The molecule has 0 fully saturated rings. The topological polar surface area (TPSA) is 70.1 Å². The van der Waals surface area contributed by atoms with Crippen LogP contribution in [0.3, 0.4) is 0 Å². The molecule has 0 saturated carbocycles. The first-order valence-electron chi connectivity index (χ1n) is 4.71. The SMILES string of the molecule is NCC(=O)[N-]c1cccc2cccnc12.[Cl][Pt+]. The second-order valence-electron chi connectivity index (χ2n) is 3.06. The molecule has 0 aliphatic carbocycles. The second-order valence-corrected chi connectivity index (χ2v) is 3.06. The Bertz CT molecular complexity index is 502. The Kier molecular flexibility index (Phi) is 6.12. The van der Waals surface area contributed by atoms with Crippen LogP contribution in [0.2, 0.25) is 0 Å². The molecule has 0 unspecified atom stereocenters. The maximum absolute atomic E-state index is 11.1. The number of aromatic nitrogens is 1. The van der Waals surface area contributed by atoms with Gasteiger partial charge in [0.15, 0.2) is 0 Å². The molecule has 2 rings (SSSR count). The molecule has 17 heavy (non-hydrogen) atoms. The molecule has 0 atom stereocenters. The quantitative estimate of drug-likeness (QED) is 0.795. The van der Waals surface area contributed by atoms with Crippen molar-refractivity contribution < 1.29 is 23.6 Å². The summed E-state index contributed by atoms with van der Waals surface area (Å²) in [7, 11) is 4.61. The van der Waals surface area contributed by atoms with E-state index in [1.165, 1.54) is 0 Å². The predicted octanol–water partition coefficient (Wildman–Crippen LogP) is 2.41. The van der Waals surface area contributed by atoms with Crippen molar-refractivity contribution in [3.05, 3.63) is 41.8 Å². The number of rotatable bonds is 2. The molecule has 0 spiro atoms. The van der Waals surface area contributed by atoms with Gasteiger partial charge in [0, 0.05) is 12.7 Å². The molecule has 1 amide bonds. The van der Waals surface area contributed by atoms with Gasteiger partial charge in [0.1, 0.15) is 0 Å². The Labute approximate surface area is 114 Å². The zero-order valence-corrected chi connectivity index (χ0v) is 11.8. The number of halogens is 1. The first-order valence-corrected chi connectivity index (χ1v) is 7.53. The minimum atomic E-state index is -0.340. The molecule has 0 bridgehead atoms. The molecule has 1 heterocycles. The molecule has 1 aromatic carbocycles. The molecule has 1 aromatic heterocycles. The van der Waals surface area contributed by atoms with Gasteiger partial charge in [-0.1, -0.05) is 24.3 Å². The summed E-state index contributed by atoms with van der Waals surface area (Å²) in [6, 6.07) is 9.29. The van der Waals surface area contributed by atoms with Crippen LogP contribution >= 0.6 is 9.42 Å². The van der Waals surface area contributed by atoms with Crippen molar-refractivity contribution in [1.82, 2.24) is 4.98 Å². The van der Waals surface area contributed by atoms with Crippen LogP contribution < -0.4 is 5.73 Å². The molecular formula is C11H10ClN3OPt. The van der Waals surface area contributed by atoms with Crippen molar-refractivity contribution in [2.45, 2.75) is 0 Å². The number of hydrogen-bond acceptors (Lipinski definition) is 3. The van der Waals surface area contributed by atoms with Crippen LogP contribution in [-0.2, 0) is 23.6 Å². The van der Waals surface area contributed by atoms with E-state index >= 15 is 0 Å². The molecule has 0 aliphatic heterocycles. The number of pyridine rings is 1. The van der Waals surface area contributed by atoms with Gasteiger partial charge in [-0.05, 0) is 11.5 Å². The number of carbonyl (C=O) groups excluding carboxylic acids is 1. The Balaban J connectivity index is 0.000000686. The van der Waals surface area contributed by atoms with Gasteiger partial charge in [-0.25, -0.2) is 0 Å². The summed E-state index contributed by atoms with van der Waals surface area (Å²) in [6.07, 6.45) is 1.67. The van der Waals surface area contributed by atoms with Crippen molar-refractivity contribution in [2.24, 2.45) is 5.73 Å². The molecule has 4 nitrogen and oxygen atoms in total. The number of para-hydroxylation sites is 1. The summed E-state index contributed by atoms with van der Waals surface area (Å²) in [5, 5.41) is 4.84. The normalized spacial score (nSPS) is 9.41. The van der Waals surface area contributed by atoms with Crippen LogP contribution in [0.15, 0.2) is 36.5 Å². The van der Waals surface area contributed by atoms with Crippen molar-refractivity contribution in [2.75, 3.05) is 6.54 Å². The Morgan fingerprint density at radius 2 is 2.06 bits per heavy atom. The maximum atomic E-state index is 11.1. The molecule has 2 N–H and O–H groups in total. The average Bonchev–Trinajstić information content (AvgIpc) is 2.41. The number of carbonyl (C=O) groups is 1. The van der Waals surface area contributed by atoms with Crippen molar-refractivity contribution in [3.8, 4) is 0 Å². The number of benzene rings is 1. The van der Waals surface area contributed by atoms with Crippen LogP contribution in [0.1, 0.15) is 0 Å². The number of amides is 1. The first-order chi connectivity index (χ1) is 8.31. The number of fused-ring (bicyclic) bond motifs is 1. The van der Waals surface area contributed by atoms with Crippen LogP contribution in [0.4, 0.5) is 5.69 Å². The minimum absolute atomic E-state index is 0.0801. The van der Waals surface area contributed by atoms with Gasteiger partial charge < -0.3 is 15.8 Å². The molecule has 0 saturated heterocycles. The van der Waals surface area contributed by atoms with Gasteiger partial charge in [-0.15, -0.1) is 5.69 Å². The Morgan fingerprint density at radius 1 is 1.35 bits per heavy atom. The zero-order valence-electron chi connectivity index (χ0n) is 8.75. The second kappa shape index (κ2) is 7.38. The molecule has 6 heteroatoms. The van der Waals surface area contributed by atoms with Gasteiger partial charge in [-0.2, -0.15) is 0 Å². The van der Waals surface area contributed by atoms with Gasteiger partial charge in [0.25, 0.3) is 0 Å². The third-order valence-electron chi connectivity index (χ3n) is 2.03. The Morgan fingerprint density at radius 3 is 2.76 bits per heavy atom. The van der Waals surface area contributed by atoms with E-state index in [1.807, 2.05) is 24.3 Å². The molecule has 92 valence electrons. The average molecular weight is 431 g/mol. The monoisotopic (exact) mass is 430 g/mol. The summed E-state index contributed by atoms with van der Waals surface area (Å²) in [4.78, 5) is 15.3. The van der Waals surface area contributed by atoms with E-state index in [4.69, 9.17) is 5.73 Å². The summed E-state index contributed by atoms with van der Waals surface area (Å²) in [5.41, 5.74) is 6.50. The zero-order chi connectivity index (χ0) is 12.7. The van der Waals surface area contributed by atoms with Crippen LogP contribution in [0, 0.1) is 0 Å². The standard InChI is InChI=1S/C11H11N3O.ClH.Pt/c12-7-10(15)14-9-5-1-3-8-4-2-6-13-11(8)9;;/h1-6H,7,12H2,(H,14,15);1H;/q;;+2/p-2. The van der Waals surface area contributed by atoms with E-state index in [0.29, 0.717) is 5.69 Å². The third-order valence-corrected chi connectivity index (χ3v) is 2.03. The van der Waals surface area contributed by atoms with Crippen LogP contribution in [0.5, 0.6) is 0 Å². The van der Waals surface area contributed by atoms with Crippen molar-refractivity contribution in [1.29, 1.82) is 0 Å². The third kappa shape index (κ3) is 3.77. The van der Waals surface area contributed by atoms with E-state index in [-0.39, 0.29) is 12.5 Å². The number of hydrogen-bond donors (Lipinski definition) is 1. The van der Waals surface area contributed by atoms with Gasteiger partial charge in [0.05, 0.1) is 11.4 Å². The summed E-state index contributed by atoms with van der Waals surface area (Å²) in [6.45, 7) is -0.0801. The van der Waals surface area contributed by atoms with Crippen molar-refractivity contribution in [3.63, 3.8) is 0 Å². The van der Waals surface area contributed by atoms with Crippen LogP contribution in [0.25, 0.3) is 16.2 Å².